The Morgan fingerprint density at radius 1 is 1.20 bits per heavy atom. The maximum Gasteiger partial charge on any atom is 0.227 e. The molecule has 0 aliphatic carbocycles. The summed E-state index contributed by atoms with van der Waals surface area (Å²) in [5, 5.41) is 0. The number of carbonyl (C=O) groups is 1. The molecule has 0 radical (unpaired) electrons. The van der Waals surface area contributed by atoms with E-state index in [-0.39, 0.29) is 24.2 Å². The Morgan fingerprint density at radius 2 is 1.92 bits per heavy atom. The molecule has 1 atom stereocenters. The van der Waals surface area contributed by atoms with Crippen molar-refractivity contribution < 1.29 is 18.7 Å². The Kier molecular flexibility index (Phi) is 4.07. The summed E-state index contributed by atoms with van der Waals surface area (Å²) < 4.78 is 25.2. The molecular weight excluding hydrogens is 321 g/mol. The second-order valence-corrected chi connectivity index (χ2v) is 6.48. The van der Waals surface area contributed by atoms with Crippen LogP contribution in [-0.2, 0) is 17.6 Å². The lowest BCUT2D eigenvalue weighted by Crippen LogP contribution is -2.40. The summed E-state index contributed by atoms with van der Waals surface area (Å²) in [6.07, 6.45) is 0.843. The molecule has 0 spiro atoms. The van der Waals surface area contributed by atoms with E-state index in [9.17, 15) is 9.18 Å². The molecule has 130 valence electrons. The number of hydrogen-bond donors (Lipinski definition) is 0. The number of fused-ring (bicyclic) bond motifs is 2. The summed E-state index contributed by atoms with van der Waals surface area (Å²) in [6, 6.07) is 10.4. The molecule has 0 N–H and O–H groups in total. The minimum Gasteiger partial charge on any atom is -0.486 e. The van der Waals surface area contributed by atoms with Gasteiger partial charge in [0, 0.05) is 6.54 Å². The number of carbonyl (C=O) groups excluding carboxylic acids is 1. The van der Waals surface area contributed by atoms with E-state index < -0.39 is 0 Å². The topological polar surface area (TPSA) is 38.8 Å². The van der Waals surface area contributed by atoms with Gasteiger partial charge in [-0.2, -0.15) is 0 Å². The Morgan fingerprint density at radius 3 is 2.68 bits per heavy atom. The van der Waals surface area contributed by atoms with Crippen LogP contribution in [0.1, 0.15) is 29.7 Å². The van der Waals surface area contributed by atoms with E-state index in [0.29, 0.717) is 25.3 Å². The Labute approximate surface area is 146 Å². The van der Waals surface area contributed by atoms with Crippen LogP contribution in [0, 0.1) is 5.82 Å². The van der Waals surface area contributed by atoms with Gasteiger partial charge in [-0.25, -0.2) is 4.39 Å². The molecule has 0 saturated heterocycles. The molecule has 4 rings (SSSR count). The molecule has 25 heavy (non-hydrogen) atoms. The summed E-state index contributed by atoms with van der Waals surface area (Å²) in [6.45, 7) is 3.74. The van der Waals surface area contributed by atoms with Crippen LogP contribution in [0.5, 0.6) is 11.5 Å². The fraction of sp³-hybridized carbons (Fsp3) is 0.350. The molecule has 4 nitrogen and oxygen atoms in total. The molecule has 1 unspecified atom stereocenters. The number of halogens is 1. The predicted octanol–water partition coefficient (Wildman–Crippen LogP) is 3.29. The van der Waals surface area contributed by atoms with Crippen molar-refractivity contribution in [3.8, 4) is 11.5 Å². The Bertz CT molecular complexity index is 821. The molecule has 1 amide bonds. The summed E-state index contributed by atoms with van der Waals surface area (Å²) >= 11 is 0. The smallest absolute Gasteiger partial charge is 0.227 e. The molecule has 5 heteroatoms. The third kappa shape index (κ3) is 2.95. The fourth-order valence-corrected chi connectivity index (χ4v) is 3.60. The Balaban J connectivity index is 1.57. The molecular formula is C20H20FNO3. The van der Waals surface area contributed by atoms with Gasteiger partial charge in [0.25, 0.3) is 0 Å². The molecule has 0 aromatic heterocycles. The highest BCUT2D eigenvalue weighted by Crippen LogP contribution is 2.39. The zero-order chi connectivity index (χ0) is 17.4. The van der Waals surface area contributed by atoms with Crippen molar-refractivity contribution >= 4 is 5.91 Å². The highest BCUT2D eigenvalue weighted by molar-refractivity contribution is 5.79. The fourth-order valence-electron chi connectivity index (χ4n) is 3.60. The van der Waals surface area contributed by atoms with Crippen LogP contribution in [-0.4, -0.2) is 30.6 Å². The number of rotatable bonds is 2. The van der Waals surface area contributed by atoms with Crippen molar-refractivity contribution in [1.82, 2.24) is 4.90 Å². The van der Waals surface area contributed by atoms with Crippen molar-refractivity contribution in [3.05, 3.63) is 58.9 Å². The number of nitrogens with zero attached hydrogens (tertiary/aromatic N) is 1. The van der Waals surface area contributed by atoms with E-state index in [0.717, 1.165) is 23.5 Å². The molecule has 2 aliphatic rings. The van der Waals surface area contributed by atoms with Gasteiger partial charge in [-0.05, 0) is 48.2 Å². The van der Waals surface area contributed by atoms with E-state index in [2.05, 4.69) is 0 Å². The largest absolute Gasteiger partial charge is 0.486 e. The third-order valence-corrected chi connectivity index (χ3v) is 4.96. The lowest BCUT2D eigenvalue weighted by Gasteiger charge is -2.36. The van der Waals surface area contributed by atoms with E-state index in [1.54, 1.807) is 18.2 Å². The molecule has 0 bridgehead atoms. The molecule has 2 aliphatic heterocycles. The maximum atomic E-state index is 13.8. The van der Waals surface area contributed by atoms with Crippen molar-refractivity contribution in [2.45, 2.75) is 25.8 Å². The van der Waals surface area contributed by atoms with Gasteiger partial charge in [0.2, 0.25) is 5.91 Å². The second kappa shape index (κ2) is 6.39. The average Bonchev–Trinajstić information content (AvgIpc) is 2.62. The van der Waals surface area contributed by atoms with Gasteiger partial charge in [-0.15, -0.1) is 0 Å². The van der Waals surface area contributed by atoms with Gasteiger partial charge in [0.15, 0.2) is 11.5 Å². The van der Waals surface area contributed by atoms with Crippen LogP contribution in [0.4, 0.5) is 4.39 Å². The van der Waals surface area contributed by atoms with Crippen LogP contribution in [0.25, 0.3) is 0 Å². The monoisotopic (exact) mass is 341 g/mol. The van der Waals surface area contributed by atoms with Gasteiger partial charge in [-0.1, -0.05) is 18.2 Å². The highest BCUT2D eigenvalue weighted by atomic mass is 19.1. The van der Waals surface area contributed by atoms with Gasteiger partial charge in [-0.3, -0.25) is 4.79 Å². The molecule has 0 saturated carbocycles. The zero-order valence-electron chi connectivity index (χ0n) is 14.1. The maximum absolute atomic E-state index is 13.8. The first kappa shape index (κ1) is 15.9. The second-order valence-electron chi connectivity index (χ2n) is 6.48. The van der Waals surface area contributed by atoms with Crippen LogP contribution >= 0.6 is 0 Å². The van der Waals surface area contributed by atoms with Crippen molar-refractivity contribution in [2.24, 2.45) is 0 Å². The standard InChI is InChI=1S/C20H20FNO3/c1-13-16-12-19-18(24-8-9-25-19)10-14(16)6-7-22(13)20(23)11-15-4-2-3-5-17(15)21/h2-5,10,12-13H,6-9,11H2,1H3. The van der Waals surface area contributed by atoms with E-state index >= 15 is 0 Å². The van der Waals surface area contributed by atoms with Crippen molar-refractivity contribution in [2.75, 3.05) is 19.8 Å². The van der Waals surface area contributed by atoms with Crippen LogP contribution in [0.15, 0.2) is 36.4 Å². The summed E-state index contributed by atoms with van der Waals surface area (Å²) in [5.41, 5.74) is 2.71. The van der Waals surface area contributed by atoms with Crippen LogP contribution in [0.3, 0.4) is 0 Å². The molecule has 0 fully saturated rings. The van der Waals surface area contributed by atoms with Crippen molar-refractivity contribution in [1.29, 1.82) is 0 Å². The minimum absolute atomic E-state index is 0.0573. The lowest BCUT2D eigenvalue weighted by molar-refractivity contribution is -0.133. The first-order chi connectivity index (χ1) is 12.1. The molecule has 2 heterocycles. The molecule has 2 aromatic rings. The van der Waals surface area contributed by atoms with Gasteiger partial charge in [0.05, 0.1) is 12.5 Å². The first-order valence-corrected chi connectivity index (χ1v) is 8.59. The Hall–Kier alpha value is -2.56. The average molecular weight is 341 g/mol. The van der Waals surface area contributed by atoms with E-state index in [1.807, 2.05) is 24.0 Å². The zero-order valence-corrected chi connectivity index (χ0v) is 14.1. The summed E-state index contributed by atoms with van der Waals surface area (Å²) in [7, 11) is 0. The minimum atomic E-state index is -0.333. The van der Waals surface area contributed by atoms with Crippen molar-refractivity contribution in [3.63, 3.8) is 0 Å². The van der Waals surface area contributed by atoms with Gasteiger partial charge >= 0.3 is 0 Å². The number of amides is 1. The van der Waals surface area contributed by atoms with Crippen LogP contribution in [0.2, 0.25) is 0 Å². The normalized spacial score (nSPS) is 18.6. The summed E-state index contributed by atoms with van der Waals surface area (Å²) in [5.74, 6) is 1.13. The predicted molar refractivity (Wildman–Crippen MR) is 91.4 cm³/mol. The van der Waals surface area contributed by atoms with Crippen LogP contribution < -0.4 is 9.47 Å². The summed E-state index contributed by atoms with van der Waals surface area (Å²) in [4.78, 5) is 14.6. The number of ether oxygens (including phenoxy) is 2. The lowest BCUT2D eigenvalue weighted by atomic mass is 9.92. The van der Waals surface area contributed by atoms with Gasteiger partial charge in [0.1, 0.15) is 19.0 Å². The first-order valence-electron chi connectivity index (χ1n) is 8.59. The third-order valence-electron chi connectivity index (χ3n) is 4.96. The number of hydrogen-bond acceptors (Lipinski definition) is 3. The SMILES string of the molecule is CC1c2cc3c(cc2CCN1C(=O)Cc1ccccc1F)OCCO3. The quantitative estimate of drug-likeness (QED) is 0.841. The highest BCUT2D eigenvalue weighted by Gasteiger charge is 2.30. The number of benzene rings is 2. The molecule has 2 aromatic carbocycles. The van der Waals surface area contributed by atoms with E-state index in [1.165, 1.54) is 11.6 Å². The van der Waals surface area contributed by atoms with E-state index in [4.69, 9.17) is 9.47 Å². The van der Waals surface area contributed by atoms with Gasteiger partial charge < -0.3 is 14.4 Å².